The van der Waals surface area contributed by atoms with E-state index in [1.807, 2.05) is 0 Å². The number of unbranched alkanes of at least 4 members (excludes halogenated alkanes) is 4. The third-order valence-electron chi connectivity index (χ3n) is 5.26. The summed E-state index contributed by atoms with van der Waals surface area (Å²) in [4.78, 5) is 34.7. The van der Waals surface area contributed by atoms with Crippen LogP contribution >= 0.6 is 0 Å². The smallest absolute Gasteiger partial charge is 0.362 e. The highest BCUT2D eigenvalue weighted by Gasteiger charge is 2.50. The van der Waals surface area contributed by atoms with Gasteiger partial charge in [0.2, 0.25) is 0 Å². The lowest BCUT2D eigenvalue weighted by Crippen LogP contribution is -2.72. The molecule has 0 aliphatic heterocycles. The Morgan fingerprint density at radius 3 is 1.81 bits per heavy atom. The van der Waals surface area contributed by atoms with Crippen LogP contribution in [0.5, 0.6) is 0 Å². The van der Waals surface area contributed by atoms with Crippen molar-refractivity contribution in [3.8, 4) is 0 Å². The van der Waals surface area contributed by atoms with Crippen molar-refractivity contribution in [2.45, 2.75) is 84.3 Å². The van der Waals surface area contributed by atoms with Gasteiger partial charge in [-0.25, -0.2) is 9.59 Å². The number of rotatable bonds is 14. The second-order valence-corrected chi connectivity index (χ2v) is 6.85. The molecular formula is C19H33NO6. The van der Waals surface area contributed by atoms with E-state index in [9.17, 15) is 29.7 Å². The van der Waals surface area contributed by atoms with Gasteiger partial charge >= 0.3 is 11.9 Å². The van der Waals surface area contributed by atoms with Crippen LogP contribution < -0.4 is 5.11 Å². The molecule has 7 nitrogen and oxygen atoms in total. The van der Waals surface area contributed by atoms with E-state index in [1.54, 1.807) is 0 Å². The summed E-state index contributed by atoms with van der Waals surface area (Å²) >= 11 is 0. The summed E-state index contributed by atoms with van der Waals surface area (Å²) in [6.07, 6.45) is 9.48. The predicted molar refractivity (Wildman–Crippen MR) is 96.3 cm³/mol. The number of carboxylic acids is 3. The lowest BCUT2D eigenvalue weighted by atomic mass is 10.00. The zero-order chi connectivity index (χ0) is 20.3. The first-order valence-electron chi connectivity index (χ1n) is 9.31. The Hall–Kier alpha value is -1.89. The van der Waals surface area contributed by atoms with Crippen molar-refractivity contribution < 1.29 is 34.2 Å². The third-order valence-corrected chi connectivity index (χ3v) is 5.26. The fourth-order valence-electron chi connectivity index (χ4n) is 3.42. The van der Waals surface area contributed by atoms with Gasteiger partial charge in [-0.05, 0) is 52.9 Å². The van der Waals surface area contributed by atoms with Crippen molar-refractivity contribution in [2.75, 3.05) is 6.54 Å². The van der Waals surface area contributed by atoms with Gasteiger partial charge in [-0.1, -0.05) is 25.5 Å². The molecule has 2 N–H and O–H groups in total. The minimum absolute atomic E-state index is 0.161. The molecule has 0 amide bonds. The summed E-state index contributed by atoms with van der Waals surface area (Å²) in [6, 6.07) is -3.58. The van der Waals surface area contributed by atoms with Crippen molar-refractivity contribution in [2.24, 2.45) is 0 Å². The standard InChI is InChI=1S/C19H33NO6/c1-5-6-7-8-9-10-11-12-13-20(14(2)17(21)22,15(3)18(23)24)16(4)19(25)26/h7-8,14-16H,5-6,9-13H2,1-4H3,(H2-,21,22,23,24,25,26)/b8-7+. The van der Waals surface area contributed by atoms with Crippen molar-refractivity contribution >= 4 is 17.9 Å². The van der Waals surface area contributed by atoms with Gasteiger partial charge in [0.1, 0.15) is 6.04 Å². The zero-order valence-corrected chi connectivity index (χ0v) is 16.3. The van der Waals surface area contributed by atoms with Gasteiger partial charge < -0.3 is 20.1 Å². The Balaban J connectivity index is 5.27. The quantitative estimate of drug-likeness (QED) is 0.273. The molecular weight excluding hydrogens is 338 g/mol. The molecule has 0 spiro atoms. The molecule has 3 atom stereocenters. The van der Waals surface area contributed by atoms with Crippen molar-refractivity contribution in [1.82, 2.24) is 0 Å². The van der Waals surface area contributed by atoms with Gasteiger partial charge in [0.15, 0.2) is 12.1 Å². The number of hydrogen-bond donors (Lipinski definition) is 2. The van der Waals surface area contributed by atoms with E-state index < -0.39 is 40.5 Å². The van der Waals surface area contributed by atoms with Crippen LogP contribution in [0.3, 0.4) is 0 Å². The summed E-state index contributed by atoms with van der Waals surface area (Å²) in [7, 11) is 0. The van der Waals surface area contributed by atoms with Crippen molar-refractivity contribution in [1.29, 1.82) is 0 Å². The molecule has 26 heavy (non-hydrogen) atoms. The Kier molecular flexibility index (Phi) is 10.8. The predicted octanol–water partition coefficient (Wildman–Crippen LogP) is 1.80. The Bertz CT molecular complexity index is 452. The molecule has 0 bridgehead atoms. The second-order valence-electron chi connectivity index (χ2n) is 6.85. The number of carbonyl (C=O) groups is 3. The van der Waals surface area contributed by atoms with Crippen LogP contribution in [-0.2, 0) is 14.4 Å². The Labute approximate surface area is 155 Å². The maximum atomic E-state index is 11.6. The largest absolute Gasteiger partial charge is 0.544 e. The van der Waals surface area contributed by atoms with Gasteiger partial charge in [0.05, 0.1) is 12.5 Å². The maximum absolute atomic E-state index is 11.6. The summed E-state index contributed by atoms with van der Waals surface area (Å²) in [5, 5.41) is 30.5. The number of allylic oxidation sites excluding steroid dienone is 2. The second kappa shape index (κ2) is 11.7. The van der Waals surface area contributed by atoms with Crippen LogP contribution in [-0.4, -0.2) is 57.3 Å². The van der Waals surface area contributed by atoms with Crippen LogP contribution in [0.2, 0.25) is 0 Å². The molecule has 3 unspecified atom stereocenters. The highest BCUT2D eigenvalue weighted by atomic mass is 16.4. The molecule has 0 aromatic carbocycles. The first-order chi connectivity index (χ1) is 12.1. The molecule has 7 heteroatoms. The van der Waals surface area contributed by atoms with Crippen LogP contribution in [0.15, 0.2) is 12.2 Å². The molecule has 0 saturated heterocycles. The molecule has 0 heterocycles. The Morgan fingerprint density at radius 1 is 0.885 bits per heavy atom. The maximum Gasteiger partial charge on any atom is 0.362 e. The molecule has 0 aliphatic rings. The highest BCUT2D eigenvalue weighted by molar-refractivity contribution is 5.76. The number of aliphatic carboxylic acids is 3. The number of quaternary nitrogens is 1. The number of carbonyl (C=O) groups excluding carboxylic acids is 1. The summed E-state index contributed by atoms with van der Waals surface area (Å²) in [6.45, 7) is 6.34. The summed E-state index contributed by atoms with van der Waals surface area (Å²) in [5.41, 5.74) is 0. The number of hydrogen-bond acceptors (Lipinski definition) is 4. The molecule has 0 radical (unpaired) electrons. The zero-order valence-electron chi connectivity index (χ0n) is 16.3. The van der Waals surface area contributed by atoms with Gasteiger partial charge in [0, 0.05) is 0 Å². The average molecular weight is 371 g/mol. The lowest BCUT2D eigenvalue weighted by molar-refractivity contribution is -0.969. The average Bonchev–Trinajstić information content (AvgIpc) is 2.58. The van der Waals surface area contributed by atoms with Gasteiger partial charge in [-0.15, -0.1) is 0 Å². The first-order valence-corrected chi connectivity index (χ1v) is 9.31. The van der Waals surface area contributed by atoms with E-state index in [4.69, 9.17) is 0 Å². The van der Waals surface area contributed by atoms with E-state index >= 15 is 0 Å². The summed E-state index contributed by atoms with van der Waals surface area (Å²) in [5.74, 6) is -3.86. The van der Waals surface area contributed by atoms with E-state index in [2.05, 4.69) is 19.1 Å². The Morgan fingerprint density at radius 2 is 1.38 bits per heavy atom. The number of nitrogens with zero attached hydrogens (tertiary/aromatic N) is 1. The minimum atomic E-state index is -1.44. The van der Waals surface area contributed by atoms with Gasteiger partial charge in [-0.2, -0.15) is 0 Å². The fraction of sp³-hybridized carbons (Fsp3) is 0.737. The molecule has 0 rings (SSSR count). The number of carboxylic acid groups (broad SMARTS) is 3. The molecule has 0 fully saturated rings. The molecule has 0 aromatic heterocycles. The lowest BCUT2D eigenvalue weighted by Gasteiger charge is -2.49. The first kappa shape index (κ1) is 24.1. The van der Waals surface area contributed by atoms with Crippen LogP contribution in [0.4, 0.5) is 0 Å². The topological polar surface area (TPSA) is 115 Å². The SMILES string of the molecule is CCC/C=C/CCCCC[N+](C(C)C(=O)[O-])(C(C)C(=O)O)C(C)C(=O)O. The van der Waals surface area contributed by atoms with Crippen LogP contribution in [0, 0.1) is 0 Å². The fourth-order valence-corrected chi connectivity index (χ4v) is 3.42. The van der Waals surface area contributed by atoms with Crippen molar-refractivity contribution in [3.05, 3.63) is 12.2 Å². The highest BCUT2D eigenvalue weighted by Crippen LogP contribution is 2.27. The van der Waals surface area contributed by atoms with E-state index in [1.165, 1.54) is 20.8 Å². The third kappa shape index (κ3) is 6.44. The molecule has 0 aliphatic carbocycles. The monoisotopic (exact) mass is 371 g/mol. The van der Waals surface area contributed by atoms with Gasteiger partial charge in [0.25, 0.3) is 0 Å². The van der Waals surface area contributed by atoms with E-state index in [-0.39, 0.29) is 6.54 Å². The molecule has 150 valence electrons. The summed E-state index contributed by atoms with van der Waals surface area (Å²) < 4.78 is -0.557. The molecule has 0 saturated carbocycles. The van der Waals surface area contributed by atoms with Gasteiger partial charge in [-0.3, -0.25) is 4.48 Å². The minimum Gasteiger partial charge on any atom is -0.544 e. The van der Waals surface area contributed by atoms with Crippen LogP contribution in [0.1, 0.15) is 66.2 Å². The van der Waals surface area contributed by atoms with E-state index in [0.29, 0.717) is 6.42 Å². The normalized spacial score (nSPS) is 17.4. The van der Waals surface area contributed by atoms with Crippen LogP contribution in [0.25, 0.3) is 0 Å². The van der Waals surface area contributed by atoms with E-state index in [0.717, 1.165) is 32.1 Å². The van der Waals surface area contributed by atoms with Crippen molar-refractivity contribution in [3.63, 3.8) is 0 Å². The molecule has 0 aromatic rings.